The summed E-state index contributed by atoms with van der Waals surface area (Å²) in [6, 6.07) is 21.8. The number of piperidine rings is 2. The highest BCUT2D eigenvalue weighted by molar-refractivity contribution is 7.22. The van der Waals surface area contributed by atoms with Gasteiger partial charge in [0.25, 0.3) is 0 Å². The van der Waals surface area contributed by atoms with Crippen LogP contribution < -0.4 is 9.80 Å². The molecule has 4 aromatic carbocycles. The van der Waals surface area contributed by atoms with Crippen LogP contribution in [-0.4, -0.2) is 70.1 Å². The summed E-state index contributed by atoms with van der Waals surface area (Å²) < 4.78 is 18.8. The minimum absolute atomic E-state index is 0.289. The van der Waals surface area contributed by atoms with Crippen molar-refractivity contribution in [2.45, 2.75) is 95.8 Å². The number of carboxylic acids is 1. The molecule has 0 unspecified atom stereocenters. The lowest BCUT2D eigenvalue weighted by atomic mass is 9.89. The van der Waals surface area contributed by atoms with Crippen LogP contribution in [0.15, 0.2) is 81.8 Å². The molecule has 4 aromatic heterocycles. The van der Waals surface area contributed by atoms with E-state index >= 15 is 0 Å². The zero-order valence-corrected chi connectivity index (χ0v) is 45.4. The lowest BCUT2D eigenvalue weighted by Gasteiger charge is -2.31. The third-order valence-electron chi connectivity index (χ3n) is 14.8. The summed E-state index contributed by atoms with van der Waals surface area (Å²) in [7, 11) is 0. The number of rotatable bonds is 15. The lowest BCUT2D eigenvalue weighted by Crippen LogP contribution is -2.33. The molecule has 384 valence electrons. The van der Waals surface area contributed by atoms with Gasteiger partial charge in [0.2, 0.25) is 0 Å². The molecule has 2 saturated heterocycles. The Bertz CT molecular complexity index is 3310. The lowest BCUT2D eigenvalue weighted by molar-refractivity contribution is 0.0526. The second-order valence-electron chi connectivity index (χ2n) is 19.8. The van der Waals surface area contributed by atoms with E-state index < -0.39 is 5.97 Å². The largest absolute Gasteiger partial charge is 0.478 e. The molecule has 12 rings (SSSR count). The zero-order chi connectivity index (χ0) is 51.0. The van der Waals surface area contributed by atoms with Crippen LogP contribution in [0.2, 0.25) is 20.1 Å². The molecule has 0 radical (unpaired) electrons. The van der Waals surface area contributed by atoms with E-state index in [9.17, 15) is 14.7 Å². The van der Waals surface area contributed by atoms with E-state index in [0.717, 1.165) is 174 Å². The minimum atomic E-state index is -0.912. The van der Waals surface area contributed by atoms with Crippen LogP contribution in [-0.2, 0) is 17.6 Å². The van der Waals surface area contributed by atoms with Gasteiger partial charge in [0.1, 0.15) is 22.9 Å². The van der Waals surface area contributed by atoms with Crippen molar-refractivity contribution in [2.24, 2.45) is 11.8 Å². The van der Waals surface area contributed by atoms with Crippen molar-refractivity contribution in [3.05, 3.63) is 127 Å². The Hall–Kier alpha value is -5.22. The number of nitrogens with zero attached hydrogens (tertiary/aromatic N) is 6. The SMILES string of the molecule is CCOC(=O)c1ccc2nc(N3CCC(CCc4c(-c5c(Cl)cccc5Cl)noc4C4CC4)CC3)sc2c1.O=C(O)c1ccc2nc(N3CCC(CCc4c(-c5c(Cl)cccc5Cl)noc4C4CC4)CC3)sc2c1. The molecule has 0 amide bonds. The molecule has 4 fully saturated rings. The summed E-state index contributed by atoms with van der Waals surface area (Å²) in [5, 5.41) is 22.5. The van der Waals surface area contributed by atoms with Crippen molar-refractivity contribution in [3.63, 3.8) is 0 Å². The monoisotopic (exact) mass is 1110 g/mol. The average Bonchev–Trinajstić information content (AvgIpc) is 4.25. The first kappa shape index (κ1) is 50.9. The van der Waals surface area contributed by atoms with Gasteiger partial charge in [-0.1, -0.05) is 91.5 Å². The smallest absolute Gasteiger partial charge is 0.338 e. The highest BCUT2D eigenvalue weighted by Crippen LogP contribution is 2.48. The van der Waals surface area contributed by atoms with Gasteiger partial charge in [-0.2, -0.15) is 0 Å². The van der Waals surface area contributed by atoms with E-state index in [1.54, 1.807) is 46.9 Å². The number of aromatic carboxylic acids is 1. The number of benzene rings is 4. The van der Waals surface area contributed by atoms with Gasteiger partial charge in [-0.15, -0.1) is 0 Å². The zero-order valence-electron chi connectivity index (χ0n) is 40.8. The standard InChI is InChI=1S/C29H29Cl2N3O3S.C27H25Cl2N3O3S/c1-2-36-28(35)19-9-11-23-24(16-19)38-29(32-23)34-14-12-17(13-15-34)6-10-20-26(33-37-27(20)18-7-8-18)25-21(30)4-3-5-22(25)31;28-19-2-1-3-20(29)23(19)24-18(25(35-31-24)16-5-6-16)8-4-15-10-12-32(13-11-15)27-30-21-9-7-17(26(33)34)14-22(21)36-27/h3-5,9,11,16-18H,2,6-8,10,12-15H2,1H3;1-3,7,9,14-16H,4-6,8,10-13H2,(H,33,34). The van der Waals surface area contributed by atoms with Crippen LogP contribution in [0.3, 0.4) is 0 Å². The molecule has 0 atom stereocenters. The van der Waals surface area contributed by atoms with Gasteiger partial charge in [-0.05, 0) is 156 Å². The molecule has 8 aromatic rings. The van der Waals surface area contributed by atoms with Crippen LogP contribution in [0.25, 0.3) is 42.9 Å². The Morgan fingerprint density at radius 1 is 0.622 bits per heavy atom. The maximum atomic E-state index is 12.1. The first-order valence-electron chi connectivity index (χ1n) is 25.6. The number of thiazole rings is 2. The molecule has 6 heterocycles. The van der Waals surface area contributed by atoms with Crippen LogP contribution in [0.4, 0.5) is 10.3 Å². The Morgan fingerprint density at radius 2 is 1.04 bits per heavy atom. The summed E-state index contributed by atoms with van der Waals surface area (Å²) >= 11 is 29.3. The van der Waals surface area contributed by atoms with E-state index in [1.807, 2.05) is 55.5 Å². The maximum absolute atomic E-state index is 12.1. The summed E-state index contributed by atoms with van der Waals surface area (Å²) in [5.41, 5.74) is 8.12. The molecule has 12 nitrogen and oxygen atoms in total. The molecule has 2 aliphatic heterocycles. The number of esters is 1. The fraction of sp³-hybridized carbons (Fsp3) is 0.393. The number of hydrogen-bond acceptors (Lipinski definition) is 13. The molecule has 0 spiro atoms. The highest BCUT2D eigenvalue weighted by Gasteiger charge is 2.36. The van der Waals surface area contributed by atoms with E-state index in [1.165, 1.54) is 5.56 Å². The number of carboxylic acid groups (broad SMARTS) is 1. The van der Waals surface area contributed by atoms with Gasteiger partial charge < -0.3 is 28.7 Å². The molecular formula is C56H54Cl4N6O6S2. The Morgan fingerprint density at radius 3 is 1.45 bits per heavy atom. The fourth-order valence-corrected chi connectivity index (χ4v) is 13.7. The summed E-state index contributed by atoms with van der Waals surface area (Å²) in [5.74, 6) is 2.98. The summed E-state index contributed by atoms with van der Waals surface area (Å²) in [6.45, 7) is 6.01. The quantitative estimate of drug-likeness (QED) is 0.0974. The number of fused-ring (bicyclic) bond motifs is 2. The molecule has 74 heavy (non-hydrogen) atoms. The summed E-state index contributed by atoms with van der Waals surface area (Å²) in [6.07, 6.45) is 12.9. The van der Waals surface area contributed by atoms with Crippen molar-refractivity contribution in [1.29, 1.82) is 0 Å². The highest BCUT2D eigenvalue weighted by atomic mass is 35.5. The third kappa shape index (κ3) is 11.0. The van der Waals surface area contributed by atoms with Crippen molar-refractivity contribution < 1.29 is 28.5 Å². The molecule has 18 heteroatoms. The van der Waals surface area contributed by atoms with Crippen LogP contribution in [0.5, 0.6) is 0 Å². The number of anilines is 2. The van der Waals surface area contributed by atoms with E-state index in [2.05, 4.69) is 20.1 Å². The van der Waals surface area contributed by atoms with Gasteiger partial charge in [0.05, 0.1) is 58.3 Å². The van der Waals surface area contributed by atoms with Crippen molar-refractivity contribution in [2.75, 3.05) is 42.6 Å². The predicted molar refractivity (Wildman–Crippen MR) is 297 cm³/mol. The number of halogens is 4. The average molecular weight is 1110 g/mol. The third-order valence-corrected chi connectivity index (χ3v) is 18.2. The minimum Gasteiger partial charge on any atom is -0.478 e. The van der Waals surface area contributed by atoms with E-state index in [-0.39, 0.29) is 5.97 Å². The van der Waals surface area contributed by atoms with E-state index in [4.69, 9.17) is 70.2 Å². The predicted octanol–water partition coefficient (Wildman–Crippen LogP) is 15.8. The van der Waals surface area contributed by atoms with Gasteiger partial charge in [0.15, 0.2) is 10.3 Å². The number of carbonyl (C=O) groups excluding carboxylic acids is 1. The second-order valence-corrected chi connectivity index (χ2v) is 23.5. The van der Waals surface area contributed by atoms with Crippen molar-refractivity contribution in [3.8, 4) is 22.5 Å². The maximum Gasteiger partial charge on any atom is 0.338 e. The van der Waals surface area contributed by atoms with Gasteiger partial charge in [-0.3, -0.25) is 0 Å². The number of aromatic nitrogens is 4. The number of ether oxygens (including phenoxy) is 1. The topological polar surface area (TPSA) is 148 Å². The van der Waals surface area contributed by atoms with Gasteiger partial charge >= 0.3 is 11.9 Å². The Labute approximate surface area is 456 Å². The van der Waals surface area contributed by atoms with Crippen LogP contribution in [0, 0.1) is 11.8 Å². The Balaban J connectivity index is 0.000000159. The molecular weight excluding hydrogens is 1060 g/mol. The normalized spacial score (nSPS) is 16.5. The van der Waals surface area contributed by atoms with Crippen LogP contribution >= 0.6 is 69.1 Å². The van der Waals surface area contributed by atoms with Crippen molar-refractivity contribution >= 4 is 112 Å². The van der Waals surface area contributed by atoms with Crippen molar-refractivity contribution in [1.82, 2.24) is 20.3 Å². The Kier molecular flexibility index (Phi) is 15.2. The molecule has 1 N–H and O–H groups in total. The van der Waals surface area contributed by atoms with Crippen LogP contribution in [0.1, 0.15) is 126 Å². The molecule has 2 saturated carbocycles. The fourth-order valence-electron chi connectivity index (χ4n) is 10.4. The first-order chi connectivity index (χ1) is 36.0. The molecule has 4 aliphatic rings. The van der Waals surface area contributed by atoms with Gasteiger partial charge in [0, 0.05) is 60.3 Å². The first-order valence-corrected chi connectivity index (χ1v) is 28.7. The molecule has 0 bridgehead atoms. The number of hydrogen-bond donors (Lipinski definition) is 1. The summed E-state index contributed by atoms with van der Waals surface area (Å²) in [4.78, 5) is 37.7. The van der Waals surface area contributed by atoms with Gasteiger partial charge in [-0.25, -0.2) is 19.6 Å². The molecule has 2 aliphatic carbocycles. The van der Waals surface area contributed by atoms with E-state index in [0.29, 0.717) is 61.5 Å². The second kappa shape index (κ2) is 22.2. The number of carbonyl (C=O) groups is 2.